The van der Waals surface area contributed by atoms with Crippen LogP contribution >= 0.6 is 0 Å². The van der Waals surface area contributed by atoms with Gasteiger partial charge in [0.25, 0.3) is 0 Å². The zero-order valence-corrected chi connectivity index (χ0v) is 15.5. The van der Waals surface area contributed by atoms with Gasteiger partial charge in [-0.1, -0.05) is 24.3 Å². The van der Waals surface area contributed by atoms with Gasteiger partial charge >= 0.3 is 6.18 Å². The van der Waals surface area contributed by atoms with E-state index in [-0.39, 0.29) is 36.4 Å². The number of sulfonamides is 1. The van der Waals surface area contributed by atoms with E-state index in [0.717, 1.165) is 17.7 Å². The number of hydrogen-bond acceptors (Lipinski definition) is 3. The number of halogens is 3. The summed E-state index contributed by atoms with van der Waals surface area (Å²) in [5.74, 6) is 0. The van der Waals surface area contributed by atoms with E-state index in [1.165, 1.54) is 22.5 Å². The fourth-order valence-corrected chi connectivity index (χ4v) is 4.84. The molecule has 8 heteroatoms. The molecule has 0 amide bonds. The van der Waals surface area contributed by atoms with E-state index in [1.807, 2.05) is 0 Å². The van der Waals surface area contributed by atoms with Gasteiger partial charge < -0.3 is 5.11 Å². The lowest BCUT2D eigenvalue weighted by Gasteiger charge is -2.38. The molecule has 0 radical (unpaired) electrons. The number of nitrogens with zero attached hydrogens (tertiary/aromatic N) is 1. The highest BCUT2D eigenvalue weighted by Gasteiger charge is 2.39. The highest BCUT2D eigenvalue weighted by atomic mass is 32.2. The van der Waals surface area contributed by atoms with Crippen molar-refractivity contribution in [1.82, 2.24) is 4.31 Å². The molecule has 1 saturated heterocycles. The Balaban J connectivity index is 1.80. The Morgan fingerprint density at radius 1 is 1.04 bits per heavy atom. The molecule has 1 aliphatic heterocycles. The first kappa shape index (κ1) is 19.9. The summed E-state index contributed by atoms with van der Waals surface area (Å²) in [4.78, 5) is 0.173. The minimum atomic E-state index is -4.50. The number of alkyl halides is 3. The number of aliphatic hydroxyl groups is 1. The Labute approximate surface area is 156 Å². The van der Waals surface area contributed by atoms with Crippen LogP contribution in [0.2, 0.25) is 0 Å². The van der Waals surface area contributed by atoms with Crippen LogP contribution in [0.25, 0.3) is 0 Å². The fourth-order valence-electron chi connectivity index (χ4n) is 3.30. The Morgan fingerprint density at radius 3 is 2.26 bits per heavy atom. The average Bonchev–Trinajstić information content (AvgIpc) is 2.61. The van der Waals surface area contributed by atoms with Crippen LogP contribution in [0.1, 0.15) is 29.5 Å². The molecule has 0 spiro atoms. The van der Waals surface area contributed by atoms with Crippen molar-refractivity contribution < 1.29 is 26.7 Å². The monoisotopic (exact) mass is 399 g/mol. The molecule has 0 aromatic heterocycles. The van der Waals surface area contributed by atoms with Gasteiger partial charge in [0, 0.05) is 13.1 Å². The topological polar surface area (TPSA) is 57.6 Å². The van der Waals surface area contributed by atoms with Crippen LogP contribution in [0.4, 0.5) is 13.2 Å². The van der Waals surface area contributed by atoms with Gasteiger partial charge in [-0.05, 0) is 55.2 Å². The van der Waals surface area contributed by atoms with E-state index in [4.69, 9.17) is 0 Å². The molecule has 1 fully saturated rings. The third kappa shape index (κ3) is 4.02. The standard InChI is InChI=1S/C19H20F3NO3S/c1-14-4-2-7-17(12-14)27(25,26)23-10-8-18(24,9-11-23)15-5-3-6-16(13-15)19(20,21)22/h2-7,12-13,24H,8-11H2,1H3. The van der Waals surface area contributed by atoms with E-state index in [1.54, 1.807) is 25.1 Å². The van der Waals surface area contributed by atoms with Crippen molar-refractivity contribution in [3.05, 3.63) is 65.2 Å². The van der Waals surface area contributed by atoms with Crippen molar-refractivity contribution in [3.8, 4) is 0 Å². The number of benzene rings is 2. The van der Waals surface area contributed by atoms with Crippen molar-refractivity contribution in [3.63, 3.8) is 0 Å². The number of aryl methyl sites for hydroxylation is 1. The van der Waals surface area contributed by atoms with Gasteiger partial charge in [-0.2, -0.15) is 17.5 Å². The van der Waals surface area contributed by atoms with Crippen LogP contribution in [-0.4, -0.2) is 30.9 Å². The Kier molecular flexibility index (Phi) is 5.09. The fraction of sp³-hybridized carbons (Fsp3) is 0.368. The summed E-state index contributed by atoms with van der Waals surface area (Å²) in [5, 5.41) is 10.8. The van der Waals surface area contributed by atoms with Gasteiger partial charge in [0.15, 0.2) is 0 Å². The number of rotatable bonds is 3. The molecule has 0 saturated carbocycles. The second-order valence-corrected chi connectivity index (χ2v) is 8.77. The van der Waals surface area contributed by atoms with E-state index in [9.17, 15) is 26.7 Å². The first-order chi connectivity index (χ1) is 12.5. The maximum absolute atomic E-state index is 12.9. The second kappa shape index (κ2) is 6.92. The third-order valence-electron chi connectivity index (χ3n) is 4.90. The Morgan fingerprint density at radius 2 is 1.67 bits per heavy atom. The van der Waals surface area contributed by atoms with Crippen LogP contribution in [0.5, 0.6) is 0 Å². The van der Waals surface area contributed by atoms with Crippen molar-refractivity contribution in [2.45, 2.75) is 36.4 Å². The SMILES string of the molecule is Cc1cccc(S(=O)(=O)N2CCC(O)(c3cccc(C(F)(F)F)c3)CC2)c1. The first-order valence-electron chi connectivity index (χ1n) is 8.49. The molecule has 0 bridgehead atoms. The Bertz CT molecular complexity index is 933. The summed E-state index contributed by atoms with van der Waals surface area (Å²) in [6.45, 7) is 1.85. The molecule has 146 valence electrons. The molecule has 1 heterocycles. The molecular formula is C19H20F3NO3S. The molecule has 3 rings (SSSR count). The van der Waals surface area contributed by atoms with E-state index in [0.29, 0.717) is 0 Å². The quantitative estimate of drug-likeness (QED) is 0.857. The van der Waals surface area contributed by atoms with Gasteiger partial charge in [0.05, 0.1) is 16.1 Å². The van der Waals surface area contributed by atoms with Crippen LogP contribution < -0.4 is 0 Å². The first-order valence-corrected chi connectivity index (χ1v) is 9.93. The van der Waals surface area contributed by atoms with Crippen molar-refractivity contribution in [2.75, 3.05) is 13.1 Å². The molecule has 1 N–H and O–H groups in total. The smallest absolute Gasteiger partial charge is 0.385 e. The highest BCUT2D eigenvalue weighted by Crippen LogP contribution is 2.37. The highest BCUT2D eigenvalue weighted by molar-refractivity contribution is 7.89. The van der Waals surface area contributed by atoms with Gasteiger partial charge in [-0.25, -0.2) is 8.42 Å². The van der Waals surface area contributed by atoms with Crippen molar-refractivity contribution in [1.29, 1.82) is 0 Å². The summed E-state index contributed by atoms with van der Waals surface area (Å²) in [6, 6.07) is 11.1. The molecular weight excluding hydrogens is 379 g/mol. The molecule has 2 aromatic carbocycles. The maximum atomic E-state index is 12.9. The summed E-state index contributed by atoms with van der Waals surface area (Å²) < 4.78 is 65.6. The van der Waals surface area contributed by atoms with Crippen molar-refractivity contribution >= 4 is 10.0 Å². The third-order valence-corrected chi connectivity index (χ3v) is 6.80. The Hall–Kier alpha value is -1.90. The van der Waals surface area contributed by atoms with Crippen LogP contribution in [-0.2, 0) is 21.8 Å². The number of piperidine rings is 1. The lowest BCUT2D eigenvalue weighted by molar-refractivity contribution is -0.137. The summed E-state index contributed by atoms with van der Waals surface area (Å²) in [6.07, 6.45) is -4.44. The van der Waals surface area contributed by atoms with Crippen LogP contribution in [0.15, 0.2) is 53.4 Å². The van der Waals surface area contributed by atoms with E-state index < -0.39 is 27.4 Å². The van der Waals surface area contributed by atoms with Gasteiger partial charge in [-0.15, -0.1) is 0 Å². The lowest BCUT2D eigenvalue weighted by atomic mass is 9.84. The molecule has 0 atom stereocenters. The normalized spacial score (nSPS) is 18.4. The number of hydrogen-bond donors (Lipinski definition) is 1. The van der Waals surface area contributed by atoms with Gasteiger partial charge in [-0.3, -0.25) is 0 Å². The zero-order valence-electron chi connectivity index (χ0n) is 14.7. The summed E-state index contributed by atoms with van der Waals surface area (Å²) in [7, 11) is -3.71. The molecule has 0 aliphatic carbocycles. The predicted molar refractivity (Wildman–Crippen MR) is 94.5 cm³/mol. The van der Waals surface area contributed by atoms with Crippen LogP contribution in [0, 0.1) is 6.92 Å². The largest absolute Gasteiger partial charge is 0.416 e. The molecule has 27 heavy (non-hydrogen) atoms. The average molecular weight is 399 g/mol. The minimum absolute atomic E-state index is 0.0271. The van der Waals surface area contributed by atoms with E-state index >= 15 is 0 Å². The summed E-state index contributed by atoms with van der Waals surface area (Å²) in [5.41, 5.74) is -1.35. The zero-order chi connectivity index (χ0) is 19.9. The molecule has 2 aromatic rings. The molecule has 0 unspecified atom stereocenters. The summed E-state index contributed by atoms with van der Waals surface area (Å²) >= 11 is 0. The van der Waals surface area contributed by atoms with Gasteiger partial charge in [0.1, 0.15) is 0 Å². The van der Waals surface area contributed by atoms with E-state index in [2.05, 4.69) is 0 Å². The molecule has 4 nitrogen and oxygen atoms in total. The molecule has 1 aliphatic rings. The predicted octanol–water partition coefficient (Wildman–Crippen LogP) is 3.69. The maximum Gasteiger partial charge on any atom is 0.416 e. The second-order valence-electron chi connectivity index (χ2n) is 6.83. The minimum Gasteiger partial charge on any atom is -0.385 e. The van der Waals surface area contributed by atoms with Crippen molar-refractivity contribution in [2.24, 2.45) is 0 Å². The van der Waals surface area contributed by atoms with Crippen LogP contribution in [0.3, 0.4) is 0 Å². The lowest BCUT2D eigenvalue weighted by Crippen LogP contribution is -2.45. The van der Waals surface area contributed by atoms with Gasteiger partial charge in [0.2, 0.25) is 10.0 Å².